The Labute approximate surface area is 140 Å². The van der Waals surface area contributed by atoms with Crippen molar-refractivity contribution in [3.8, 4) is 0 Å². The summed E-state index contributed by atoms with van der Waals surface area (Å²) in [5.41, 5.74) is 2.04. The first-order valence-corrected chi connectivity index (χ1v) is 8.04. The highest BCUT2D eigenvalue weighted by Gasteiger charge is 2.16. The minimum atomic E-state index is -0.116. The van der Waals surface area contributed by atoms with Crippen molar-refractivity contribution in [2.24, 2.45) is 0 Å². The van der Waals surface area contributed by atoms with Crippen LogP contribution in [0.3, 0.4) is 0 Å². The molecule has 0 fully saturated rings. The number of nitrogens with one attached hydrogen (secondary N) is 1. The van der Waals surface area contributed by atoms with Crippen LogP contribution in [0.4, 0.5) is 5.82 Å². The van der Waals surface area contributed by atoms with Crippen LogP contribution in [0.1, 0.15) is 30.1 Å². The molecule has 2 aromatic heterocycles. The van der Waals surface area contributed by atoms with Crippen LogP contribution in [0.2, 0.25) is 0 Å². The van der Waals surface area contributed by atoms with Crippen LogP contribution >= 0.6 is 0 Å². The standard InChI is InChI=1S/C17H21N5O2/c1-12-4-3-9-18-16(12)19-14(23)5-6-15-20-17(21-24-15)13-7-10-22(2)11-8-13/h3-4,7,9H,5-6,8,10-11H2,1-2H3,(H,18,19,23). The molecule has 0 aromatic carbocycles. The number of nitrogens with zero attached hydrogens (tertiary/aromatic N) is 4. The van der Waals surface area contributed by atoms with Gasteiger partial charge in [0.1, 0.15) is 5.82 Å². The third kappa shape index (κ3) is 4.05. The fourth-order valence-corrected chi connectivity index (χ4v) is 2.49. The number of aryl methyl sites for hydroxylation is 2. The van der Waals surface area contributed by atoms with E-state index in [1.807, 2.05) is 19.1 Å². The van der Waals surface area contributed by atoms with E-state index in [-0.39, 0.29) is 12.3 Å². The number of amides is 1. The van der Waals surface area contributed by atoms with E-state index >= 15 is 0 Å². The number of pyridine rings is 1. The Balaban J connectivity index is 1.54. The molecule has 1 amide bonds. The summed E-state index contributed by atoms with van der Waals surface area (Å²) in [7, 11) is 2.08. The summed E-state index contributed by atoms with van der Waals surface area (Å²) in [6, 6.07) is 3.74. The topological polar surface area (TPSA) is 84.2 Å². The van der Waals surface area contributed by atoms with Gasteiger partial charge in [0.15, 0.2) is 5.82 Å². The molecule has 7 heteroatoms. The van der Waals surface area contributed by atoms with Crippen molar-refractivity contribution in [2.75, 3.05) is 25.5 Å². The molecule has 1 N–H and O–H groups in total. The predicted molar refractivity (Wildman–Crippen MR) is 90.3 cm³/mol. The summed E-state index contributed by atoms with van der Waals surface area (Å²) in [6.45, 7) is 3.79. The second-order valence-electron chi connectivity index (χ2n) is 5.97. The maximum absolute atomic E-state index is 12.0. The first-order valence-electron chi connectivity index (χ1n) is 8.04. The van der Waals surface area contributed by atoms with E-state index in [1.54, 1.807) is 6.20 Å². The number of rotatable bonds is 5. The average Bonchev–Trinajstić information content (AvgIpc) is 3.05. The third-order valence-electron chi connectivity index (χ3n) is 4.00. The minimum absolute atomic E-state index is 0.116. The van der Waals surface area contributed by atoms with Crippen molar-refractivity contribution < 1.29 is 9.32 Å². The molecule has 1 aliphatic heterocycles. The van der Waals surface area contributed by atoms with Gasteiger partial charge in [0, 0.05) is 32.1 Å². The molecule has 0 atom stereocenters. The normalized spacial score (nSPS) is 15.2. The fourth-order valence-electron chi connectivity index (χ4n) is 2.49. The number of carbonyl (C=O) groups excluding carboxylic acids is 1. The van der Waals surface area contributed by atoms with Crippen molar-refractivity contribution in [3.63, 3.8) is 0 Å². The lowest BCUT2D eigenvalue weighted by molar-refractivity contribution is -0.116. The SMILES string of the molecule is Cc1cccnc1NC(=O)CCc1nc(C2=CCN(C)CC2)no1. The molecule has 7 nitrogen and oxygen atoms in total. The maximum Gasteiger partial charge on any atom is 0.227 e. The lowest BCUT2D eigenvalue weighted by Gasteiger charge is -2.19. The lowest BCUT2D eigenvalue weighted by atomic mass is 10.1. The van der Waals surface area contributed by atoms with Gasteiger partial charge in [-0.1, -0.05) is 17.3 Å². The summed E-state index contributed by atoms with van der Waals surface area (Å²) >= 11 is 0. The van der Waals surface area contributed by atoms with Crippen LogP contribution in [0.25, 0.3) is 5.57 Å². The molecule has 0 bridgehead atoms. The van der Waals surface area contributed by atoms with Crippen molar-refractivity contribution in [3.05, 3.63) is 41.7 Å². The van der Waals surface area contributed by atoms with Gasteiger partial charge in [0.05, 0.1) is 0 Å². The summed E-state index contributed by atoms with van der Waals surface area (Å²) in [4.78, 5) is 22.8. The Kier molecular flexibility index (Phi) is 5.00. The average molecular weight is 327 g/mol. The number of anilines is 1. The summed E-state index contributed by atoms with van der Waals surface area (Å²) in [5.74, 6) is 1.59. The van der Waals surface area contributed by atoms with Gasteiger partial charge >= 0.3 is 0 Å². The number of hydrogen-bond acceptors (Lipinski definition) is 6. The zero-order chi connectivity index (χ0) is 16.9. The van der Waals surface area contributed by atoms with Gasteiger partial charge in [0.2, 0.25) is 11.8 Å². The molecule has 3 rings (SSSR count). The maximum atomic E-state index is 12.0. The summed E-state index contributed by atoms with van der Waals surface area (Å²) in [6.07, 6.45) is 5.38. The Morgan fingerprint density at radius 3 is 3.08 bits per heavy atom. The van der Waals surface area contributed by atoms with Crippen LogP contribution in [0.15, 0.2) is 28.9 Å². The van der Waals surface area contributed by atoms with Crippen LogP contribution in [0.5, 0.6) is 0 Å². The zero-order valence-electron chi connectivity index (χ0n) is 14.0. The van der Waals surface area contributed by atoms with Crippen LogP contribution < -0.4 is 5.32 Å². The molecule has 0 radical (unpaired) electrons. The van der Waals surface area contributed by atoms with E-state index in [0.717, 1.165) is 30.6 Å². The molecule has 2 aromatic rings. The van der Waals surface area contributed by atoms with E-state index in [0.29, 0.717) is 24.0 Å². The Morgan fingerprint density at radius 1 is 1.46 bits per heavy atom. The quantitative estimate of drug-likeness (QED) is 0.905. The predicted octanol–water partition coefficient (Wildman–Crippen LogP) is 2.06. The largest absolute Gasteiger partial charge is 0.339 e. The zero-order valence-corrected chi connectivity index (χ0v) is 14.0. The molecule has 3 heterocycles. The van der Waals surface area contributed by atoms with Gasteiger partial charge in [-0.3, -0.25) is 4.79 Å². The second kappa shape index (κ2) is 7.35. The highest BCUT2D eigenvalue weighted by atomic mass is 16.5. The van der Waals surface area contributed by atoms with Crippen LogP contribution in [-0.4, -0.2) is 46.1 Å². The van der Waals surface area contributed by atoms with E-state index in [1.165, 1.54) is 0 Å². The van der Waals surface area contributed by atoms with Crippen LogP contribution in [-0.2, 0) is 11.2 Å². The van der Waals surface area contributed by atoms with Gasteiger partial charge in [-0.15, -0.1) is 0 Å². The molecule has 126 valence electrons. The van der Waals surface area contributed by atoms with E-state index in [2.05, 4.69) is 38.5 Å². The smallest absolute Gasteiger partial charge is 0.227 e. The molecule has 0 aliphatic carbocycles. The highest BCUT2D eigenvalue weighted by Crippen LogP contribution is 2.19. The molecule has 0 saturated heterocycles. The van der Waals surface area contributed by atoms with Gasteiger partial charge in [0.25, 0.3) is 0 Å². The van der Waals surface area contributed by atoms with E-state index in [9.17, 15) is 4.79 Å². The fraction of sp³-hybridized carbons (Fsp3) is 0.412. The first-order chi connectivity index (χ1) is 11.6. The third-order valence-corrected chi connectivity index (χ3v) is 4.00. The molecule has 1 aliphatic rings. The van der Waals surface area contributed by atoms with E-state index in [4.69, 9.17) is 4.52 Å². The highest BCUT2D eigenvalue weighted by molar-refractivity contribution is 5.90. The van der Waals surface area contributed by atoms with Crippen LogP contribution in [0, 0.1) is 6.92 Å². The van der Waals surface area contributed by atoms with Crippen molar-refractivity contribution >= 4 is 17.3 Å². The molecular formula is C17H21N5O2. The molecular weight excluding hydrogens is 306 g/mol. The van der Waals surface area contributed by atoms with Gasteiger partial charge < -0.3 is 14.7 Å². The number of hydrogen-bond donors (Lipinski definition) is 1. The van der Waals surface area contributed by atoms with E-state index < -0.39 is 0 Å². The lowest BCUT2D eigenvalue weighted by Crippen LogP contribution is -2.23. The summed E-state index contributed by atoms with van der Waals surface area (Å²) < 4.78 is 5.26. The van der Waals surface area contributed by atoms with Crippen molar-refractivity contribution in [1.82, 2.24) is 20.0 Å². The van der Waals surface area contributed by atoms with Gasteiger partial charge in [-0.25, -0.2) is 4.98 Å². The van der Waals surface area contributed by atoms with Crippen molar-refractivity contribution in [2.45, 2.75) is 26.2 Å². The number of likely N-dealkylation sites (N-methyl/N-ethyl adjacent to an activating group) is 1. The molecule has 0 saturated carbocycles. The number of carbonyl (C=O) groups is 1. The summed E-state index contributed by atoms with van der Waals surface area (Å²) in [5, 5.41) is 6.82. The Morgan fingerprint density at radius 2 is 2.33 bits per heavy atom. The first kappa shape index (κ1) is 16.3. The molecule has 24 heavy (non-hydrogen) atoms. The molecule has 0 unspecified atom stereocenters. The number of aromatic nitrogens is 3. The van der Waals surface area contributed by atoms with Gasteiger partial charge in [-0.2, -0.15) is 4.98 Å². The second-order valence-corrected chi connectivity index (χ2v) is 5.97. The van der Waals surface area contributed by atoms with Crippen molar-refractivity contribution in [1.29, 1.82) is 0 Å². The van der Waals surface area contributed by atoms with Gasteiger partial charge in [-0.05, 0) is 37.6 Å². The molecule has 0 spiro atoms. The minimum Gasteiger partial charge on any atom is -0.339 e. The monoisotopic (exact) mass is 327 g/mol. The Bertz CT molecular complexity index is 753. The Hall–Kier alpha value is -2.54.